The van der Waals surface area contributed by atoms with Gasteiger partial charge >= 0.3 is 0 Å². The minimum atomic E-state index is -0.559. The molecular formula is C13H16N4O2. The third-order valence-corrected chi connectivity index (χ3v) is 4.08. The molecule has 2 aliphatic heterocycles. The number of hydrogen-bond acceptors (Lipinski definition) is 5. The van der Waals surface area contributed by atoms with Crippen molar-refractivity contribution in [2.45, 2.75) is 25.3 Å². The van der Waals surface area contributed by atoms with Crippen molar-refractivity contribution in [3.05, 3.63) is 24.0 Å². The molecule has 2 unspecified atom stereocenters. The molecule has 0 bridgehead atoms. The van der Waals surface area contributed by atoms with E-state index in [2.05, 4.69) is 15.6 Å². The van der Waals surface area contributed by atoms with E-state index in [0.717, 1.165) is 18.7 Å². The van der Waals surface area contributed by atoms with Gasteiger partial charge in [-0.3, -0.25) is 19.9 Å². The fraction of sp³-hybridized carbons (Fsp3) is 0.462. The first kappa shape index (κ1) is 12.1. The molecule has 2 saturated heterocycles. The molecule has 0 aromatic carbocycles. The van der Waals surface area contributed by atoms with Crippen LogP contribution in [0.2, 0.25) is 0 Å². The average Bonchev–Trinajstić information content (AvgIpc) is 2.81. The number of pyridine rings is 1. The summed E-state index contributed by atoms with van der Waals surface area (Å²) in [5, 5.41) is 5.78. The van der Waals surface area contributed by atoms with Gasteiger partial charge < -0.3 is 11.1 Å². The SMILES string of the molecule is Nc1ccc(C2NCCC23CCC(=O)NC3=O)nc1. The summed E-state index contributed by atoms with van der Waals surface area (Å²) in [5.74, 6) is -0.371. The van der Waals surface area contributed by atoms with Gasteiger partial charge in [0.2, 0.25) is 11.8 Å². The molecule has 6 heteroatoms. The largest absolute Gasteiger partial charge is 0.397 e. The highest BCUT2D eigenvalue weighted by atomic mass is 16.2. The number of rotatable bonds is 1. The zero-order valence-electron chi connectivity index (χ0n) is 10.5. The molecule has 4 N–H and O–H groups in total. The van der Waals surface area contributed by atoms with E-state index in [-0.39, 0.29) is 17.9 Å². The highest BCUT2D eigenvalue weighted by Gasteiger charge is 2.52. The Morgan fingerprint density at radius 3 is 2.84 bits per heavy atom. The molecule has 2 amide bonds. The Hall–Kier alpha value is -1.95. The van der Waals surface area contributed by atoms with E-state index in [1.807, 2.05) is 6.07 Å². The number of nitrogens with zero attached hydrogens (tertiary/aromatic N) is 1. The molecule has 3 rings (SSSR count). The second-order valence-corrected chi connectivity index (χ2v) is 5.19. The Labute approximate surface area is 110 Å². The first-order valence-corrected chi connectivity index (χ1v) is 6.41. The van der Waals surface area contributed by atoms with Gasteiger partial charge in [0.1, 0.15) is 0 Å². The van der Waals surface area contributed by atoms with Crippen molar-refractivity contribution in [2.24, 2.45) is 5.41 Å². The van der Waals surface area contributed by atoms with Crippen molar-refractivity contribution in [1.29, 1.82) is 0 Å². The highest BCUT2D eigenvalue weighted by Crippen LogP contribution is 2.46. The fourth-order valence-corrected chi connectivity index (χ4v) is 3.03. The molecule has 1 spiro atoms. The zero-order chi connectivity index (χ0) is 13.5. The molecule has 2 aliphatic rings. The predicted molar refractivity (Wildman–Crippen MR) is 68.8 cm³/mol. The summed E-state index contributed by atoms with van der Waals surface area (Å²) in [7, 11) is 0. The molecule has 19 heavy (non-hydrogen) atoms. The van der Waals surface area contributed by atoms with Crippen LogP contribution in [-0.2, 0) is 9.59 Å². The van der Waals surface area contributed by atoms with Crippen LogP contribution in [0.5, 0.6) is 0 Å². The van der Waals surface area contributed by atoms with Gasteiger partial charge in [-0.25, -0.2) is 0 Å². The monoisotopic (exact) mass is 260 g/mol. The lowest BCUT2D eigenvalue weighted by atomic mass is 9.72. The number of imide groups is 1. The van der Waals surface area contributed by atoms with E-state index >= 15 is 0 Å². The van der Waals surface area contributed by atoms with Crippen molar-refractivity contribution in [2.75, 3.05) is 12.3 Å². The molecule has 3 heterocycles. The van der Waals surface area contributed by atoms with Crippen LogP contribution in [0.1, 0.15) is 31.0 Å². The number of anilines is 1. The molecule has 1 aromatic heterocycles. The van der Waals surface area contributed by atoms with Crippen molar-refractivity contribution < 1.29 is 9.59 Å². The Morgan fingerprint density at radius 1 is 1.32 bits per heavy atom. The van der Waals surface area contributed by atoms with Gasteiger partial charge in [0.05, 0.1) is 29.0 Å². The van der Waals surface area contributed by atoms with Crippen molar-refractivity contribution in [3.8, 4) is 0 Å². The number of carbonyl (C=O) groups excluding carboxylic acids is 2. The van der Waals surface area contributed by atoms with E-state index in [9.17, 15) is 9.59 Å². The molecule has 0 radical (unpaired) electrons. The second kappa shape index (κ2) is 4.31. The number of nitrogen functional groups attached to an aromatic ring is 1. The number of amides is 2. The molecule has 0 saturated carbocycles. The van der Waals surface area contributed by atoms with Crippen molar-refractivity contribution in [1.82, 2.24) is 15.6 Å². The molecular weight excluding hydrogens is 244 g/mol. The van der Waals surface area contributed by atoms with Gasteiger partial charge in [0.25, 0.3) is 0 Å². The fourth-order valence-electron chi connectivity index (χ4n) is 3.03. The van der Waals surface area contributed by atoms with E-state index in [1.165, 1.54) is 0 Å². The molecule has 1 aromatic rings. The van der Waals surface area contributed by atoms with Crippen LogP contribution in [-0.4, -0.2) is 23.3 Å². The van der Waals surface area contributed by atoms with Crippen molar-refractivity contribution >= 4 is 17.5 Å². The topological polar surface area (TPSA) is 97.1 Å². The standard InChI is InChI=1S/C13H16N4O2/c14-8-1-2-9(16-7-8)11-13(5-6-15-11)4-3-10(18)17-12(13)19/h1-2,7,11,15H,3-6,14H2,(H,17,18,19). The molecule has 6 nitrogen and oxygen atoms in total. The van der Waals surface area contributed by atoms with E-state index in [1.54, 1.807) is 12.3 Å². The normalized spacial score (nSPS) is 30.6. The second-order valence-electron chi connectivity index (χ2n) is 5.19. The van der Waals surface area contributed by atoms with Crippen LogP contribution in [0, 0.1) is 5.41 Å². The maximum absolute atomic E-state index is 12.3. The van der Waals surface area contributed by atoms with Gasteiger partial charge in [0, 0.05) is 6.42 Å². The minimum absolute atomic E-state index is 0.152. The molecule has 0 aliphatic carbocycles. The Bertz CT molecular complexity index is 528. The third-order valence-electron chi connectivity index (χ3n) is 4.08. The third kappa shape index (κ3) is 1.88. The highest BCUT2D eigenvalue weighted by molar-refractivity contribution is 6.01. The van der Waals surface area contributed by atoms with Gasteiger partial charge in [0.15, 0.2) is 0 Å². The summed E-state index contributed by atoms with van der Waals surface area (Å²) < 4.78 is 0. The van der Waals surface area contributed by atoms with E-state index in [0.29, 0.717) is 18.5 Å². The van der Waals surface area contributed by atoms with Gasteiger partial charge in [-0.1, -0.05) is 0 Å². The number of hydrogen-bond donors (Lipinski definition) is 3. The molecule has 2 fully saturated rings. The smallest absolute Gasteiger partial charge is 0.234 e. The zero-order valence-corrected chi connectivity index (χ0v) is 10.5. The summed E-state index contributed by atoms with van der Waals surface area (Å²) in [4.78, 5) is 27.9. The van der Waals surface area contributed by atoms with Gasteiger partial charge in [-0.05, 0) is 31.5 Å². The first-order valence-electron chi connectivity index (χ1n) is 6.41. The lowest BCUT2D eigenvalue weighted by Gasteiger charge is -2.36. The van der Waals surface area contributed by atoms with Crippen LogP contribution in [0.4, 0.5) is 5.69 Å². The first-order chi connectivity index (χ1) is 9.12. The number of aromatic nitrogens is 1. The van der Waals surface area contributed by atoms with E-state index < -0.39 is 5.41 Å². The summed E-state index contributed by atoms with van der Waals surface area (Å²) in [6.07, 6.45) is 3.28. The summed E-state index contributed by atoms with van der Waals surface area (Å²) >= 11 is 0. The van der Waals surface area contributed by atoms with Gasteiger partial charge in [-0.2, -0.15) is 0 Å². The number of carbonyl (C=O) groups is 2. The Balaban J connectivity index is 1.95. The van der Waals surface area contributed by atoms with Crippen LogP contribution in [0.25, 0.3) is 0 Å². The van der Waals surface area contributed by atoms with Crippen LogP contribution in [0.15, 0.2) is 18.3 Å². The van der Waals surface area contributed by atoms with Crippen LogP contribution in [0.3, 0.4) is 0 Å². The van der Waals surface area contributed by atoms with Gasteiger partial charge in [-0.15, -0.1) is 0 Å². The number of piperidine rings is 1. The lowest BCUT2D eigenvalue weighted by molar-refractivity contribution is -0.142. The maximum Gasteiger partial charge on any atom is 0.234 e. The van der Waals surface area contributed by atoms with Crippen LogP contribution >= 0.6 is 0 Å². The maximum atomic E-state index is 12.3. The number of nitrogens with two attached hydrogens (primary N) is 1. The van der Waals surface area contributed by atoms with Crippen LogP contribution < -0.4 is 16.4 Å². The Kier molecular flexibility index (Phi) is 2.74. The summed E-state index contributed by atoms with van der Waals surface area (Å²) in [6.45, 7) is 0.748. The quantitative estimate of drug-likeness (QED) is 0.623. The summed E-state index contributed by atoms with van der Waals surface area (Å²) in [5.41, 5.74) is 6.47. The average molecular weight is 260 g/mol. The predicted octanol–water partition coefficient (Wildman–Crippen LogP) is 0.121. The summed E-state index contributed by atoms with van der Waals surface area (Å²) in [6, 6.07) is 3.47. The number of nitrogens with one attached hydrogen (secondary N) is 2. The minimum Gasteiger partial charge on any atom is -0.397 e. The Morgan fingerprint density at radius 2 is 2.16 bits per heavy atom. The molecule has 100 valence electrons. The lowest BCUT2D eigenvalue weighted by Crippen LogP contribution is -2.51. The van der Waals surface area contributed by atoms with E-state index in [4.69, 9.17) is 5.73 Å². The molecule has 2 atom stereocenters. The van der Waals surface area contributed by atoms with Crippen molar-refractivity contribution in [3.63, 3.8) is 0 Å².